The Balaban J connectivity index is 1.37. The zero-order valence-electron chi connectivity index (χ0n) is 13.5. The van der Waals surface area contributed by atoms with Gasteiger partial charge in [0.05, 0.1) is 0 Å². The molecule has 0 aliphatic carbocycles. The molecule has 1 spiro atoms. The standard InChI is InChI=1S/C19H21N3O2/c23-17-10-19(12-21-17)7-8-22(13-19)18(24)20-11-14-5-6-15-3-1-2-4-16(15)9-14/h1-6,9H,7-8,10-13H2,(H,20,24)(H,21,23). The summed E-state index contributed by atoms with van der Waals surface area (Å²) in [5.74, 6) is 0.105. The van der Waals surface area contributed by atoms with Crippen molar-refractivity contribution in [2.75, 3.05) is 19.6 Å². The molecule has 2 fully saturated rings. The minimum absolute atomic E-state index is 0.0422. The number of nitrogens with zero attached hydrogens (tertiary/aromatic N) is 1. The number of fused-ring (bicyclic) bond motifs is 1. The van der Waals surface area contributed by atoms with Crippen molar-refractivity contribution in [2.24, 2.45) is 5.41 Å². The number of benzene rings is 2. The Morgan fingerprint density at radius 3 is 2.83 bits per heavy atom. The maximum Gasteiger partial charge on any atom is 0.317 e. The van der Waals surface area contributed by atoms with Gasteiger partial charge in [-0.2, -0.15) is 0 Å². The highest BCUT2D eigenvalue weighted by molar-refractivity contribution is 5.83. The van der Waals surface area contributed by atoms with Crippen LogP contribution in [0.2, 0.25) is 0 Å². The van der Waals surface area contributed by atoms with Crippen molar-refractivity contribution in [2.45, 2.75) is 19.4 Å². The van der Waals surface area contributed by atoms with E-state index in [-0.39, 0.29) is 17.4 Å². The third-order valence-corrected chi connectivity index (χ3v) is 5.18. The lowest BCUT2D eigenvalue weighted by molar-refractivity contribution is -0.119. The fourth-order valence-corrected chi connectivity index (χ4v) is 3.79. The van der Waals surface area contributed by atoms with Crippen molar-refractivity contribution in [1.29, 1.82) is 0 Å². The van der Waals surface area contributed by atoms with Crippen LogP contribution in [0.3, 0.4) is 0 Å². The van der Waals surface area contributed by atoms with Gasteiger partial charge in [0.15, 0.2) is 0 Å². The molecule has 1 atom stereocenters. The van der Waals surface area contributed by atoms with E-state index in [9.17, 15) is 9.59 Å². The van der Waals surface area contributed by atoms with Gasteiger partial charge < -0.3 is 15.5 Å². The van der Waals surface area contributed by atoms with Gasteiger partial charge in [0.2, 0.25) is 5.91 Å². The SMILES string of the molecule is O=C1CC2(CCN(C(=O)NCc3ccc4ccccc4c3)C2)CN1. The second-order valence-corrected chi connectivity index (χ2v) is 6.97. The lowest BCUT2D eigenvalue weighted by Gasteiger charge is -2.22. The summed E-state index contributed by atoms with van der Waals surface area (Å²) in [6.07, 6.45) is 1.44. The molecule has 0 saturated carbocycles. The van der Waals surface area contributed by atoms with Gasteiger partial charge in [-0.1, -0.05) is 36.4 Å². The maximum atomic E-state index is 12.4. The Labute approximate surface area is 141 Å². The van der Waals surface area contributed by atoms with Crippen molar-refractivity contribution in [1.82, 2.24) is 15.5 Å². The first kappa shape index (κ1) is 15.0. The molecule has 124 valence electrons. The Morgan fingerprint density at radius 1 is 1.21 bits per heavy atom. The summed E-state index contributed by atoms with van der Waals surface area (Å²) in [6.45, 7) is 2.60. The Bertz CT molecular complexity index is 804. The first-order valence-corrected chi connectivity index (χ1v) is 8.41. The van der Waals surface area contributed by atoms with Crippen LogP contribution >= 0.6 is 0 Å². The molecule has 0 aromatic heterocycles. The molecule has 1 unspecified atom stereocenters. The maximum absolute atomic E-state index is 12.4. The van der Waals surface area contributed by atoms with E-state index in [4.69, 9.17) is 0 Å². The van der Waals surface area contributed by atoms with Gasteiger partial charge >= 0.3 is 6.03 Å². The molecular weight excluding hydrogens is 302 g/mol. The summed E-state index contributed by atoms with van der Waals surface area (Å²) >= 11 is 0. The molecule has 0 radical (unpaired) electrons. The normalized spacial score (nSPS) is 23.0. The molecule has 5 nitrogen and oxygen atoms in total. The molecule has 5 heteroatoms. The van der Waals surface area contributed by atoms with Crippen molar-refractivity contribution >= 4 is 22.7 Å². The van der Waals surface area contributed by atoms with Crippen LogP contribution < -0.4 is 10.6 Å². The van der Waals surface area contributed by atoms with Gasteiger partial charge in [-0.25, -0.2) is 4.79 Å². The number of carbonyl (C=O) groups excluding carboxylic acids is 2. The Hall–Kier alpha value is -2.56. The molecule has 2 aliphatic heterocycles. The number of nitrogens with one attached hydrogen (secondary N) is 2. The molecule has 0 bridgehead atoms. The number of carbonyl (C=O) groups is 2. The predicted molar refractivity (Wildman–Crippen MR) is 92.4 cm³/mol. The van der Waals surface area contributed by atoms with Crippen LogP contribution in [0.5, 0.6) is 0 Å². The molecule has 24 heavy (non-hydrogen) atoms. The van der Waals surface area contributed by atoms with E-state index >= 15 is 0 Å². The largest absolute Gasteiger partial charge is 0.355 e. The first-order chi connectivity index (χ1) is 11.6. The van der Waals surface area contributed by atoms with Crippen molar-refractivity contribution in [3.8, 4) is 0 Å². The predicted octanol–water partition coefficient (Wildman–Crippen LogP) is 2.26. The van der Waals surface area contributed by atoms with E-state index in [1.54, 1.807) is 0 Å². The molecule has 2 aromatic rings. The van der Waals surface area contributed by atoms with E-state index in [0.29, 0.717) is 26.1 Å². The van der Waals surface area contributed by atoms with Gasteiger partial charge in [0, 0.05) is 38.0 Å². The molecule has 2 saturated heterocycles. The molecule has 2 aromatic carbocycles. The van der Waals surface area contributed by atoms with Crippen LogP contribution in [-0.4, -0.2) is 36.5 Å². The zero-order chi connectivity index (χ0) is 16.6. The van der Waals surface area contributed by atoms with Gasteiger partial charge in [-0.3, -0.25) is 4.79 Å². The summed E-state index contributed by atoms with van der Waals surface area (Å²) in [4.78, 5) is 25.7. The second kappa shape index (κ2) is 5.82. The second-order valence-electron chi connectivity index (χ2n) is 6.97. The minimum atomic E-state index is -0.0443. The summed E-state index contributed by atoms with van der Waals surface area (Å²) in [6, 6.07) is 14.4. The van der Waals surface area contributed by atoms with Gasteiger partial charge in [-0.15, -0.1) is 0 Å². The summed E-state index contributed by atoms with van der Waals surface area (Å²) in [7, 11) is 0. The number of hydrogen-bond acceptors (Lipinski definition) is 2. The van der Waals surface area contributed by atoms with Gasteiger partial charge in [-0.05, 0) is 28.8 Å². The minimum Gasteiger partial charge on any atom is -0.355 e. The Morgan fingerprint density at radius 2 is 2.04 bits per heavy atom. The van der Waals surface area contributed by atoms with Gasteiger partial charge in [0.1, 0.15) is 0 Å². The molecule has 2 aliphatic rings. The van der Waals surface area contributed by atoms with Crippen molar-refractivity contribution in [3.05, 3.63) is 48.0 Å². The molecule has 4 rings (SSSR count). The summed E-state index contributed by atoms with van der Waals surface area (Å²) < 4.78 is 0. The highest BCUT2D eigenvalue weighted by atomic mass is 16.2. The van der Waals surface area contributed by atoms with Crippen molar-refractivity contribution < 1.29 is 9.59 Å². The highest BCUT2D eigenvalue weighted by Crippen LogP contribution is 2.36. The van der Waals surface area contributed by atoms with E-state index in [1.165, 1.54) is 10.8 Å². The van der Waals surface area contributed by atoms with Crippen molar-refractivity contribution in [3.63, 3.8) is 0 Å². The number of hydrogen-bond donors (Lipinski definition) is 2. The number of rotatable bonds is 2. The summed E-state index contributed by atoms with van der Waals surface area (Å²) in [5.41, 5.74) is 1.05. The van der Waals surface area contributed by atoms with E-state index in [1.807, 2.05) is 23.1 Å². The fraction of sp³-hybridized carbons (Fsp3) is 0.368. The van der Waals surface area contributed by atoms with Crippen LogP contribution in [0.4, 0.5) is 4.79 Å². The third-order valence-electron chi connectivity index (χ3n) is 5.18. The van der Waals surface area contributed by atoms with Crippen LogP contribution in [0.1, 0.15) is 18.4 Å². The van der Waals surface area contributed by atoms with Crippen LogP contribution in [0.25, 0.3) is 10.8 Å². The quantitative estimate of drug-likeness (QED) is 0.890. The number of amides is 3. The lowest BCUT2D eigenvalue weighted by Crippen LogP contribution is -2.40. The van der Waals surface area contributed by atoms with E-state index in [0.717, 1.165) is 18.5 Å². The molecule has 2 heterocycles. The molecular formula is C19H21N3O2. The lowest BCUT2D eigenvalue weighted by atomic mass is 9.86. The third kappa shape index (κ3) is 2.82. The highest BCUT2D eigenvalue weighted by Gasteiger charge is 2.45. The van der Waals surface area contributed by atoms with Gasteiger partial charge in [0.25, 0.3) is 0 Å². The van der Waals surface area contributed by atoms with Crippen LogP contribution in [0, 0.1) is 5.41 Å². The smallest absolute Gasteiger partial charge is 0.317 e. The van der Waals surface area contributed by atoms with E-state index < -0.39 is 0 Å². The average molecular weight is 323 g/mol. The van der Waals surface area contributed by atoms with Crippen LogP contribution in [-0.2, 0) is 11.3 Å². The molecule has 3 amide bonds. The monoisotopic (exact) mass is 323 g/mol. The fourth-order valence-electron chi connectivity index (χ4n) is 3.79. The first-order valence-electron chi connectivity index (χ1n) is 8.41. The number of likely N-dealkylation sites (tertiary alicyclic amines) is 1. The van der Waals surface area contributed by atoms with E-state index in [2.05, 4.69) is 34.9 Å². The molecule has 2 N–H and O–H groups in total. The Kier molecular flexibility index (Phi) is 3.63. The van der Waals surface area contributed by atoms with Crippen LogP contribution in [0.15, 0.2) is 42.5 Å². The zero-order valence-corrected chi connectivity index (χ0v) is 13.5. The average Bonchev–Trinajstić information content (AvgIpc) is 3.18. The number of urea groups is 1. The summed E-state index contributed by atoms with van der Waals surface area (Å²) in [5, 5.41) is 8.28. The topological polar surface area (TPSA) is 61.4 Å².